The fourth-order valence-electron chi connectivity index (χ4n) is 3.10. The van der Waals surface area contributed by atoms with Gasteiger partial charge in [-0.15, -0.1) is 0 Å². The minimum absolute atomic E-state index is 0.0618. The molecule has 0 saturated carbocycles. The van der Waals surface area contributed by atoms with Crippen molar-refractivity contribution in [2.24, 2.45) is 17.4 Å². The van der Waals surface area contributed by atoms with Crippen molar-refractivity contribution in [1.29, 1.82) is 0 Å². The van der Waals surface area contributed by atoms with Gasteiger partial charge in [0.1, 0.15) is 23.9 Å². The van der Waals surface area contributed by atoms with Crippen molar-refractivity contribution in [3.63, 3.8) is 0 Å². The third-order valence-electron chi connectivity index (χ3n) is 4.90. The summed E-state index contributed by atoms with van der Waals surface area (Å²) in [5.41, 5.74) is 11.7. The molecule has 4 amide bonds. The van der Waals surface area contributed by atoms with E-state index in [9.17, 15) is 34.2 Å². The molecule has 0 aliphatic rings. The lowest BCUT2D eigenvalue weighted by atomic mass is 10.0. The van der Waals surface area contributed by atoms with Crippen LogP contribution in [-0.4, -0.2) is 69.7 Å². The molecule has 194 valence electrons. The van der Waals surface area contributed by atoms with Gasteiger partial charge in [0.05, 0.1) is 12.5 Å². The summed E-state index contributed by atoms with van der Waals surface area (Å²) in [6.45, 7) is 3.59. The Labute approximate surface area is 208 Å². The minimum Gasteiger partial charge on any atom is -0.508 e. The van der Waals surface area contributed by atoms with Crippen molar-refractivity contribution >= 4 is 42.2 Å². The Bertz CT molecular complexity index is 910. The van der Waals surface area contributed by atoms with E-state index < -0.39 is 60.2 Å². The van der Waals surface area contributed by atoms with Gasteiger partial charge in [-0.25, -0.2) is 4.79 Å². The molecule has 13 heteroatoms. The summed E-state index contributed by atoms with van der Waals surface area (Å²) in [5, 5.41) is 25.8. The van der Waals surface area contributed by atoms with Gasteiger partial charge in [0.25, 0.3) is 0 Å². The molecule has 0 aliphatic carbocycles. The molecule has 0 radical (unpaired) electrons. The smallest absolute Gasteiger partial charge is 0.326 e. The Morgan fingerprint density at radius 1 is 0.914 bits per heavy atom. The van der Waals surface area contributed by atoms with Crippen molar-refractivity contribution < 1.29 is 34.2 Å². The molecule has 35 heavy (non-hydrogen) atoms. The molecular weight excluding hydrogens is 478 g/mol. The summed E-state index contributed by atoms with van der Waals surface area (Å²) < 4.78 is 0. The molecule has 4 atom stereocenters. The lowest BCUT2D eigenvalue weighted by molar-refractivity contribution is -0.143. The van der Waals surface area contributed by atoms with E-state index in [-0.39, 0.29) is 30.3 Å². The molecule has 9 N–H and O–H groups in total. The largest absolute Gasteiger partial charge is 0.508 e. The van der Waals surface area contributed by atoms with E-state index in [1.807, 2.05) is 0 Å². The van der Waals surface area contributed by atoms with Gasteiger partial charge in [0, 0.05) is 5.75 Å². The van der Waals surface area contributed by atoms with Gasteiger partial charge < -0.3 is 37.6 Å². The van der Waals surface area contributed by atoms with Crippen LogP contribution in [0.4, 0.5) is 0 Å². The van der Waals surface area contributed by atoms with Crippen LogP contribution in [0.15, 0.2) is 24.3 Å². The standard InChI is InChI=1S/C22H33N5O7S/c1-11(2)7-15(20(31)26-16(22(33)34)9-18(24)29)25-21(32)17(10-35)27-19(30)14(23)8-12-3-5-13(28)6-4-12/h3-6,11,14-17,28,35H,7-10,23H2,1-2H3,(H2,24,29)(H,25,32)(H,26,31)(H,27,30)(H,33,34). The maximum atomic E-state index is 12.8. The quantitative estimate of drug-likeness (QED) is 0.139. The molecule has 0 aliphatic heterocycles. The third-order valence-corrected chi connectivity index (χ3v) is 5.27. The summed E-state index contributed by atoms with van der Waals surface area (Å²) in [6.07, 6.45) is -0.298. The highest BCUT2D eigenvalue weighted by Crippen LogP contribution is 2.11. The number of carboxylic acid groups (broad SMARTS) is 1. The summed E-state index contributed by atoms with van der Waals surface area (Å²) in [6, 6.07) is 1.35. The van der Waals surface area contributed by atoms with E-state index in [0.717, 1.165) is 0 Å². The first-order valence-corrected chi connectivity index (χ1v) is 11.5. The van der Waals surface area contributed by atoms with E-state index >= 15 is 0 Å². The van der Waals surface area contributed by atoms with E-state index in [1.165, 1.54) is 12.1 Å². The van der Waals surface area contributed by atoms with E-state index in [1.54, 1.807) is 26.0 Å². The summed E-state index contributed by atoms with van der Waals surface area (Å²) >= 11 is 4.10. The number of primary amides is 1. The maximum Gasteiger partial charge on any atom is 0.326 e. The average Bonchev–Trinajstić information content (AvgIpc) is 2.76. The van der Waals surface area contributed by atoms with Crippen molar-refractivity contribution in [2.75, 3.05) is 5.75 Å². The highest BCUT2D eigenvalue weighted by atomic mass is 32.1. The highest BCUT2D eigenvalue weighted by Gasteiger charge is 2.30. The summed E-state index contributed by atoms with van der Waals surface area (Å²) in [4.78, 5) is 60.5. The molecule has 0 saturated heterocycles. The molecule has 1 aromatic rings. The van der Waals surface area contributed by atoms with Gasteiger partial charge in [-0.3, -0.25) is 19.2 Å². The fraction of sp³-hybridized carbons (Fsp3) is 0.500. The molecule has 12 nitrogen and oxygen atoms in total. The second kappa shape index (κ2) is 14.2. The lowest BCUT2D eigenvalue weighted by Crippen LogP contribution is -2.58. The normalized spacial score (nSPS) is 14.3. The number of carbonyl (C=O) groups is 5. The topological polar surface area (TPSA) is 214 Å². The number of hydrogen-bond donors (Lipinski definition) is 8. The number of phenols is 1. The van der Waals surface area contributed by atoms with Crippen LogP contribution in [0.5, 0.6) is 5.75 Å². The lowest BCUT2D eigenvalue weighted by Gasteiger charge is -2.25. The Kier molecular flexibility index (Phi) is 12.0. The third kappa shape index (κ3) is 10.6. The fourth-order valence-corrected chi connectivity index (χ4v) is 3.36. The predicted molar refractivity (Wildman–Crippen MR) is 130 cm³/mol. The Morgan fingerprint density at radius 3 is 1.91 bits per heavy atom. The molecule has 0 bridgehead atoms. The minimum atomic E-state index is -1.55. The SMILES string of the molecule is CC(C)CC(NC(=O)C(CS)NC(=O)C(N)Cc1ccc(O)cc1)C(=O)NC(CC(N)=O)C(=O)O. The number of carbonyl (C=O) groups excluding carboxylic acids is 4. The number of thiol groups is 1. The molecule has 0 aromatic heterocycles. The monoisotopic (exact) mass is 511 g/mol. The summed E-state index contributed by atoms with van der Waals surface area (Å²) in [7, 11) is 0. The van der Waals surface area contributed by atoms with Gasteiger partial charge in [0.2, 0.25) is 23.6 Å². The van der Waals surface area contributed by atoms with Crippen LogP contribution in [-0.2, 0) is 30.4 Å². The first-order valence-electron chi connectivity index (χ1n) is 10.9. The number of nitrogens with two attached hydrogens (primary N) is 2. The zero-order valence-electron chi connectivity index (χ0n) is 19.6. The number of nitrogens with one attached hydrogen (secondary N) is 3. The Hall–Kier alpha value is -3.32. The van der Waals surface area contributed by atoms with Crippen LogP contribution in [0.25, 0.3) is 0 Å². The number of hydrogen-bond acceptors (Lipinski definition) is 8. The molecular formula is C22H33N5O7S. The first kappa shape index (κ1) is 29.7. The zero-order chi connectivity index (χ0) is 26.7. The van der Waals surface area contributed by atoms with Crippen LogP contribution < -0.4 is 27.4 Å². The predicted octanol–water partition coefficient (Wildman–Crippen LogP) is -1.35. The number of benzene rings is 1. The van der Waals surface area contributed by atoms with Crippen molar-refractivity contribution in [1.82, 2.24) is 16.0 Å². The molecule has 4 unspecified atom stereocenters. The van der Waals surface area contributed by atoms with Gasteiger partial charge in [-0.1, -0.05) is 26.0 Å². The number of amides is 4. The van der Waals surface area contributed by atoms with Gasteiger partial charge in [0.15, 0.2) is 0 Å². The van der Waals surface area contributed by atoms with E-state index in [4.69, 9.17) is 11.5 Å². The van der Waals surface area contributed by atoms with Crippen LogP contribution in [0.2, 0.25) is 0 Å². The number of carboxylic acids is 1. The second-order valence-corrected chi connectivity index (χ2v) is 8.85. The molecule has 0 spiro atoms. The van der Waals surface area contributed by atoms with Gasteiger partial charge in [-0.2, -0.15) is 12.6 Å². The molecule has 1 aromatic carbocycles. The Morgan fingerprint density at radius 2 is 1.43 bits per heavy atom. The van der Waals surface area contributed by atoms with Crippen molar-refractivity contribution in [2.45, 2.75) is 57.3 Å². The molecule has 1 rings (SSSR count). The number of aliphatic carboxylic acids is 1. The maximum absolute atomic E-state index is 12.8. The van der Waals surface area contributed by atoms with Crippen LogP contribution in [0.1, 0.15) is 32.3 Å². The van der Waals surface area contributed by atoms with Crippen LogP contribution >= 0.6 is 12.6 Å². The number of aromatic hydroxyl groups is 1. The molecule has 0 fully saturated rings. The average molecular weight is 512 g/mol. The number of phenolic OH excluding ortho intramolecular Hbond substituents is 1. The van der Waals surface area contributed by atoms with Crippen molar-refractivity contribution in [3.8, 4) is 5.75 Å². The van der Waals surface area contributed by atoms with Crippen molar-refractivity contribution in [3.05, 3.63) is 29.8 Å². The van der Waals surface area contributed by atoms with E-state index in [0.29, 0.717) is 5.56 Å². The van der Waals surface area contributed by atoms with Crippen LogP contribution in [0, 0.1) is 5.92 Å². The van der Waals surface area contributed by atoms with Crippen LogP contribution in [0.3, 0.4) is 0 Å². The van der Waals surface area contributed by atoms with Gasteiger partial charge in [-0.05, 0) is 36.5 Å². The highest BCUT2D eigenvalue weighted by molar-refractivity contribution is 7.80. The van der Waals surface area contributed by atoms with Gasteiger partial charge >= 0.3 is 5.97 Å². The second-order valence-electron chi connectivity index (χ2n) is 8.48. The molecule has 0 heterocycles. The zero-order valence-corrected chi connectivity index (χ0v) is 20.5. The Balaban J connectivity index is 2.84. The number of rotatable bonds is 14. The summed E-state index contributed by atoms with van der Waals surface area (Å²) in [5.74, 6) is -4.60. The van der Waals surface area contributed by atoms with E-state index in [2.05, 4.69) is 28.6 Å². The first-order chi connectivity index (χ1) is 16.3.